The lowest BCUT2D eigenvalue weighted by atomic mass is 10.0. The summed E-state index contributed by atoms with van der Waals surface area (Å²) in [5, 5.41) is 15.0. The van der Waals surface area contributed by atoms with Gasteiger partial charge in [0.1, 0.15) is 18.1 Å². The molecule has 1 heterocycles. The van der Waals surface area contributed by atoms with Crippen molar-refractivity contribution >= 4 is 29.5 Å². The van der Waals surface area contributed by atoms with E-state index in [9.17, 15) is 24.3 Å². The number of carbonyl (C=O) groups is 4. The lowest BCUT2D eigenvalue weighted by Crippen LogP contribution is -2.57. The molecule has 0 saturated carbocycles. The number of nitrogens with zero attached hydrogens (tertiary/aromatic N) is 2. The second kappa shape index (κ2) is 15.3. The van der Waals surface area contributed by atoms with Crippen LogP contribution < -0.4 is 33.6 Å². The van der Waals surface area contributed by atoms with Crippen molar-refractivity contribution in [2.24, 2.45) is 27.9 Å². The largest absolute Gasteiger partial charge is 0.391 e. The van der Waals surface area contributed by atoms with E-state index in [0.717, 1.165) is 0 Å². The molecule has 200 valence electrons. The predicted molar refractivity (Wildman–Crippen MR) is 132 cm³/mol. The van der Waals surface area contributed by atoms with Crippen molar-refractivity contribution < 1.29 is 24.3 Å². The molecule has 0 radical (unpaired) electrons. The van der Waals surface area contributed by atoms with Gasteiger partial charge in [0.2, 0.25) is 17.7 Å². The number of amides is 3. The number of nitrogens with one attached hydrogen (secondary N) is 2. The maximum atomic E-state index is 13.4. The average molecular weight is 499 g/mol. The molecule has 3 amide bonds. The number of aliphatic imine (C=N–C) groups is 1. The average Bonchev–Trinajstić information content (AvgIpc) is 3.29. The fraction of sp³-hybridized carbons (Fsp3) is 0.773. The van der Waals surface area contributed by atoms with Crippen molar-refractivity contribution in [1.29, 1.82) is 0 Å². The molecule has 1 rings (SSSR count). The van der Waals surface area contributed by atoms with Gasteiger partial charge in [0.15, 0.2) is 11.7 Å². The zero-order chi connectivity index (χ0) is 26.5. The third kappa shape index (κ3) is 10.2. The van der Waals surface area contributed by atoms with Gasteiger partial charge in [0, 0.05) is 13.1 Å². The van der Waals surface area contributed by atoms with E-state index in [1.54, 1.807) is 0 Å². The highest BCUT2D eigenvalue weighted by Crippen LogP contribution is 2.20. The SMILES string of the molecule is CC(=O)C(CCCN=C(N)N)NC(=O)C1CCCN1C(=O)C(CCCCN)NC(=O)C(N)C(C)O. The van der Waals surface area contributed by atoms with Gasteiger partial charge in [-0.1, -0.05) is 0 Å². The van der Waals surface area contributed by atoms with Crippen molar-refractivity contribution in [2.75, 3.05) is 19.6 Å². The van der Waals surface area contributed by atoms with Crippen LogP contribution in [0.2, 0.25) is 0 Å². The van der Waals surface area contributed by atoms with Crippen LogP contribution in [0.4, 0.5) is 0 Å². The highest BCUT2D eigenvalue weighted by atomic mass is 16.3. The smallest absolute Gasteiger partial charge is 0.245 e. The number of ketones is 1. The van der Waals surface area contributed by atoms with Gasteiger partial charge >= 0.3 is 0 Å². The third-order valence-electron chi connectivity index (χ3n) is 5.98. The molecule has 11 N–H and O–H groups in total. The van der Waals surface area contributed by atoms with Crippen LogP contribution in [0.15, 0.2) is 4.99 Å². The molecule has 5 unspecified atom stereocenters. The maximum Gasteiger partial charge on any atom is 0.245 e. The van der Waals surface area contributed by atoms with Crippen molar-refractivity contribution in [3.8, 4) is 0 Å². The summed E-state index contributed by atoms with van der Waals surface area (Å²) in [7, 11) is 0. The highest BCUT2D eigenvalue weighted by molar-refractivity contribution is 5.95. The lowest BCUT2D eigenvalue weighted by molar-refractivity contribution is -0.142. The molecule has 0 bridgehead atoms. The number of aliphatic hydroxyl groups excluding tert-OH is 1. The van der Waals surface area contributed by atoms with Gasteiger partial charge in [-0.25, -0.2) is 0 Å². The van der Waals surface area contributed by atoms with Crippen LogP contribution in [-0.4, -0.2) is 89.4 Å². The van der Waals surface area contributed by atoms with E-state index in [0.29, 0.717) is 64.6 Å². The number of hydrogen-bond donors (Lipinski definition) is 7. The Morgan fingerprint density at radius 1 is 1.09 bits per heavy atom. The molecule has 0 aromatic carbocycles. The summed E-state index contributed by atoms with van der Waals surface area (Å²) in [5.41, 5.74) is 21.9. The Hall–Kier alpha value is -2.77. The number of carbonyl (C=O) groups excluding carboxylic acids is 4. The number of likely N-dealkylation sites (tertiary alicyclic amines) is 1. The fourth-order valence-electron chi connectivity index (χ4n) is 3.89. The molecule has 1 aliphatic rings. The molecule has 0 aromatic heterocycles. The zero-order valence-electron chi connectivity index (χ0n) is 20.7. The normalized spacial score (nSPS) is 18.8. The number of hydrogen-bond acceptors (Lipinski definition) is 8. The number of Topliss-reactive ketones (excluding diaryl/α,β-unsaturated/α-hetero) is 1. The van der Waals surface area contributed by atoms with E-state index >= 15 is 0 Å². The molecular formula is C22H42N8O5. The quantitative estimate of drug-likeness (QED) is 0.0712. The van der Waals surface area contributed by atoms with E-state index in [2.05, 4.69) is 15.6 Å². The molecule has 5 atom stereocenters. The molecule has 0 aromatic rings. The molecule has 1 fully saturated rings. The van der Waals surface area contributed by atoms with Gasteiger partial charge in [-0.05, 0) is 65.3 Å². The monoisotopic (exact) mass is 498 g/mol. The zero-order valence-corrected chi connectivity index (χ0v) is 20.7. The van der Waals surface area contributed by atoms with Crippen LogP contribution in [0, 0.1) is 0 Å². The van der Waals surface area contributed by atoms with E-state index < -0.39 is 48.0 Å². The van der Waals surface area contributed by atoms with Crippen molar-refractivity contribution in [3.05, 3.63) is 0 Å². The van der Waals surface area contributed by atoms with Crippen LogP contribution in [0.25, 0.3) is 0 Å². The Labute approximate surface area is 206 Å². The molecule has 1 saturated heterocycles. The molecule has 0 spiro atoms. The Balaban J connectivity index is 2.90. The minimum absolute atomic E-state index is 0.0453. The Morgan fingerprint density at radius 2 is 1.74 bits per heavy atom. The summed E-state index contributed by atoms with van der Waals surface area (Å²) in [6, 6.07) is -3.58. The Bertz CT molecular complexity index is 756. The van der Waals surface area contributed by atoms with Gasteiger partial charge in [-0.2, -0.15) is 0 Å². The van der Waals surface area contributed by atoms with Gasteiger partial charge in [-0.15, -0.1) is 0 Å². The van der Waals surface area contributed by atoms with Crippen LogP contribution >= 0.6 is 0 Å². The summed E-state index contributed by atoms with van der Waals surface area (Å²) in [6.45, 7) is 3.88. The van der Waals surface area contributed by atoms with Gasteiger partial charge in [0.25, 0.3) is 0 Å². The first-order valence-electron chi connectivity index (χ1n) is 12.1. The first-order valence-corrected chi connectivity index (χ1v) is 12.1. The first kappa shape index (κ1) is 30.3. The molecule has 1 aliphatic heterocycles. The lowest BCUT2D eigenvalue weighted by Gasteiger charge is -2.30. The minimum atomic E-state index is -1.19. The Morgan fingerprint density at radius 3 is 2.31 bits per heavy atom. The van der Waals surface area contributed by atoms with Gasteiger partial charge in [-0.3, -0.25) is 24.2 Å². The molecule has 13 nitrogen and oxygen atoms in total. The topological polar surface area (TPSA) is 232 Å². The van der Waals surface area contributed by atoms with Crippen molar-refractivity contribution in [1.82, 2.24) is 15.5 Å². The second-order valence-electron chi connectivity index (χ2n) is 8.92. The highest BCUT2D eigenvalue weighted by Gasteiger charge is 2.38. The van der Waals surface area contributed by atoms with Crippen LogP contribution in [0.3, 0.4) is 0 Å². The number of aliphatic hydroxyl groups is 1. The molecule has 35 heavy (non-hydrogen) atoms. The molecular weight excluding hydrogens is 456 g/mol. The van der Waals surface area contributed by atoms with Crippen molar-refractivity contribution in [2.45, 2.75) is 89.1 Å². The standard InChI is InChI=1S/C22H42N8O5/c1-13(31)15(8-5-11-27-22(25)26)28-19(33)17-9-6-12-30(17)21(35)16(7-3-4-10-23)29-20(34)18(24)14(2)32/h14-18,32H,3-12,23-24H2,1-2H3,(H,28,33)(H,29,34)(H4,25,26,27). The van der Waals surface area contributed by atoms with E-state index in [4.69, 9.17) is 22.9 Å². The third-order valence-corrected chi connectivity index (χ3v) is 5.98. The second-order valence-corrected chi connectivity index (χ2v) is 8.92. The number of guanidine groups is 1. The van der Waals surface area contributed by atoms with Gasteiger partial charge in [0.05, 0.1) is 12.1 Å². The number of nitrogens with two attached hydrogens (primary N) is 4. The number of rotatable bonds is 15. The predicted octanol–water partition coefficient (Wildman–Crippen LogP) is -2.57. The molecule has 0 aliphatic carbocycles. The van der Waals surface area contributed by atoms with E-state index in [-0.39, 0.29) is 11.7 Å². The summed E-state index contributed by atoms with van der Waals surface area (Å²) in [5.74, 6) is -1.73. The summed E-state index contributed by atoms with van der Waals surface area (Å²) < 4.78 is 0. The van der Waals surface area contributed by atoms with Crippen LogP contribution in [0.1, 0.15) is 58.8 Å². The number of unbranched alkanes of at least 4 members (excludes halogenated alkanes) is 1. The van der Waals surface area contributed by atoms with Crippen molar-refractivity contribution in [3.63, 3.8) is 0 Å². The summed E-state index contributed by atoms with van der Waals surface area (Å²) in [4.78, 5) is 56.2. The Kier molecular flexibility index (Phi) is 13.2. The van der Waals surface area contributed by atoms with E-state index in [1.165, 1.54) is 18.7 Å². The molecule has 13 heteroatoms. The first-order chi connectivity index (χ1) is 16.5. The summed E-state index contributed by atoms with van der Waals surface area (Å²) in [6.07, 6.45) is 2.37. The summed E-state index contributed by atoms with van der Waals surface area (Å²) >= 11 is 0. The van der Waals surface area contributed by atoms with Crippen LogP contribution in [0.5, 0.6) is 0 Å². The van der Waals surface area contributed by atoms with Crippen LogP contribution in [-0.2, 0) is 19.2 Å². The minimum Gasteiger partial charge on any atom is -0.391 e. The van der Waals surface area contributed by atoms with E-state index in [1.807, 2.05) is 0 Å². The maximum absolute atomic E-state index is 13.4. The van der Waals surface area contributed by atoms with Gasteiger partial charge < -0.3 is 43.6 Å². The fourth-order valence-corrected chi connectivity index (χ4v) is 3.89.